The van der Waals surface area contributed by atoms with Gasteiger partial charge in [-0.2, -0.15) is 0 Å². The number of nitro benzene ring substituents is 1. The highest BCUT2D eigenvalue weighted by atomic mass is 127. The SMILES string of the molecule is CCNc1ccc([N+](=O)[O-])cc1Cn1cncc(I)c1=O. The lowest BCUT2D eigenvalue weighted by Gasteiger charge is -2.12. The van der Waals surface area contributed by atoms with Gasteiger partial charge in [0.15, 0.2) is 0 Å². The first-order valence-electron chi connectivity index (χ1n) is 6.24. The molecule has 1 heterocycles. The minimum atomic E-state index is -0.449. The van der Waals surface area contributed by atoms with Gasteiger partial charge in [-0.1, -0.05) is 0 Å². The Kier molecular flexibility index (Phi) is 4.89. The zero-order valence-electron chi connectivity index (χ0n) is 11.2. The van der Waals surface area contributed by atoms with Crippen LogP contribution < -0.4 is 10.9 Å². The van der Waals surface area contributed by atoms with Gasteiger partial charge in [-0.15, -0.1) is 0 Å². The summed E-state index contributed by atoms with van der Waals surface area (Å²) in [6, 6.07) is 4.57. The molecule has 0 fully saturated rings. The third-order valence-corrected chi connectivity index (χ3v) is 3.61. The number of halogens is 1. The molecule has 7 nitrogen and oxygen atoms in total. The van der Waals surface area contributed by atoms with Crippen molar-refractivity contribution in [3.8, 4) is 0 Å². The highest BCUT2D eigenvalue weighted by Crippen LogP contribution is 2.22. The highest BCUT2D eigenvalue weighted by Gasteiger charge is 2.12. The first-order valence-corrected chi connectivity index (χ1v) is 7.32. The molecule has 2 aromatic rings. The molecule has 0 saturated heterocycles. The third-order valence-electron chi connectivity index (χ3n) is 2.87. The van der Waals surface area contributed by atoms with Gasteiger partial charge in [-0.25, -0.2) is 4.98 Å². The summed E-state index contributed by atoms with van der Waals surface area (Å²) in [5, 5.41) is 14.0. The summed E-state index contributed by atoms with van der Waals surface area (Å²) in [5.74, 6) is 0. The Balaban J connectivity index is 2.45. The monoisotopic (exact) mass is 400 g/mol. The Labute approximate surface area is 134 Å². The van der Waals surface area contributed by atoms with E-state index >= 15 is 0 Å². The second-order valence-corrected chi connectivity index (χ2v) is 5.47. The molecule has 0 radical (unpaired) electrons. The van der Waals surface area contributed by atoms with Crippen molar-refractivity contribution in [2.75, 3.05) is 11.9 Å². The Morgan fingerprint density at radius 1 is 1.48 bits per heavy atom. The van der Waals surface area contributed by atoms with Crippen LogP contribution in [0.1, 0.15) is 12.5 Å². The fourth-order valence-electron chi connectivity index (χ4n) is 1.91. The topological polar surface area (TPSA) is 90.1 Å². The van der Waals surface area contributed by atoms with Gasteiger partial charge in [0.05, 0.1) is 21.4 Å². The number of benzene rings is 1. The summed E-state index contributed by atoms with van der Waals surface area (Å²) >= 11 is 1.92. The smallest absolute Gasteiger partial charge is 0.269 e. The molecule has 0 unspecified atom stereocenters. The molecule has 0 spiro atoms. The molecule has 0 aliphatic rings. The molecule has 110 valence electrons. The molecule has 0 amide bonds. The van der Waals surface area contributed by atoms with Crippen molar-refractivity contribution >= 4 is 34.0 Å². The number of nitro groups is 1. The Morgan fingerprint density at radius 2 is 2.24 bits per heavy atom. The first kappa shape index (κ1) is 15.4. The molecule has 1 aromatic carbocycles. The lowest BCUT2D eigenvalue weighted by atomic mass is 10.1. The van der Waals surface area contributed by atoms with Crippen LogP contribution >= 0.6 is 22.6 Å². The van der Waals surface area contributed by atoms with Crippen LogP contribution in [0.25, 0.3) is 0 Å². The summed E-state index contributed by atoms with van der Waals surface area (Å²) in [6.07, 6.45) is 2.91. The maximum atomic E-state index is 12.0. The number of anilines is 1. The molecule has 0 aliphatic heterocycles. The van der Waals surface area contributed by atoms with Crippen LogP contribution in [0.2, 0.25) is 0 Å². The Hall–Kier alpha value is -1.97. The molecular formula is C13H13IN4O3. The van der Waals surface area contributed by atoms with E-state index in [1.165, 1.54) is 29.2 Å². The van der Waals surface area contributed by atoms with Crippen molar-refractivity contribution in [2.24, 2.45) is 0 Å². The standard InChI is InChI=1S/C13H13IN4O3/c1-2-16-12-4-3-10(18(20)21)5-9(12)7-17-8-15-6-11(14)13(17)19/h3-6,8,16H,2,7H2,1H3. The molecule has 0 atom stereocenters. The average molecular weight is 400 g/mol. The van der Waals surface area contributed by atoms with Gasteiger partial charge in [0.25, 0.3) is 11.2 Å². The minimum absolute atomic E-state index is 0.00158. The number of nitrogens with one attached hydrogen (secondary N) is 1. The maximum absolute atomic E-state index is 12.0. The van der Waals surface area contributed by atoms with Gasteiger partial charge < -0.3 is 5.32 Å². The molecule has 0 bridgehead atoms. The van der Waals surface area contributed by atoms with Crippen molar-refractivity contribution < 1.29 is 4.92 Å². The highest BCUT2D eigenvalue weighted by molar-refractivity contribution is 14.1. The predicted molar refractivity (Wildman–Crippen MR) is 87.6 cm³/mol. The van der Waals surface area contributed by atoms with Crippen molar-refractivity contribution in [3.05, 3.63) is 60.3 Å². The van der Waals surface area contributed by atoms with Crippen molar-refractivity contribution in [3.63, 3.8) is 0 Å². The number of hydrogen-bond donors (Lipinski definition) is 1. The fourth-order valence-corrected chi connectivity index (χ4v) is 2.38. The second-order valence-electron chi connectivity index (χ2n) is 4.30. The lowest BCUT2D eigenvalue weighted by Crippen LogP contribution is -2.23. The largest absolute Gasteiger partial charge is 0.385 e. The van der Waals surface area contributed by atoms with E-state index in [1.54, 1.807) is 6.07 Å². The maximum Gasteiger partial charge on any atom is 0.269 e. The van der Waals surface area contributed by atoms with Gasteiger partial charge in [0.1, 0.15) is 0 Å². The zero-order valence-corrected chi connectivity index (χ0v) is 13.4. The van der Waals surface area contributed by atoms with Crippen LogP contribution in [0.15, 0.2) is 35.5 Å². The number of nitrogens with zero attached hydrogens (tertiary/aromatic N) is 3. The number of non-ortho nitro benzene ring substituents is 1. The van der Waals surface area contributed by atoms with E-state index in [0.29, 0.717) is 15.7 Å². The van der Waals surface area contributed by atoms with Gasteiger partial charge in [0, 0.05) is 36.1 Å². The third kappa shape index (κ3) is 3.57. The molecule has 1 N–H and O–H groups in total. The summed E-state index contributed by atoms with van der Waals surface area (Å²) in [6.45, 7) is 2.85. The molecular weight excluding hydrogens is 387 g/mol. The molecule has 2 rings (SSSR count). The van der Waals surface area contributed by atoms with Crippen LogP contribution in [0.5, 0.6) is 0 Å². The number of rotatable bonds is 5. The van der Waals surface area contributed by atoms with E-state index in [-0.39, 0.29) is 17.8 Å². The van der Waals surface area contributed by atoms with Crippen molar-refractivity contribution in [2.45, 2.75) is 13.5 Å². The molecule has 1 aromatic heterocycles. The van der Waals surface area contributed by atoms with Gasteiger partial charge in [-0.05, 0) is 35.6 Å². The van der Waals surface area contributed by atoms with Gasteiger partial charge in [-0.3, -0.25) is 19.5 Å². The molecule has 8 heteroatoms. The van der Waals surface area contributed by atoms with Crippen LogP contribution in [0.4, 0.5) is 11.4 Å². The Morgan fingerprint density at radius 3 is 2.90 bits per heavy atom. The fraction of sp³-hybridized carbons (Fsp3) is 0.231. The van der Waals surface area contributed by atoms with E-state index in [1.807, 2.05) is 29.5 Å². The number of aromatic nitrogens is 2. The summed E-state index contributed by atoms with van der Waals surface area (Å²) in [7, 11) is 0. The van der Waals surface area contributed by atoms with Gasteiger partial charge >= 0.3 is 0 Å². The van der Waals surface area contributed by atoms with E-state index in [4.69, 9.17) is 0 Å². The van der Waals surface area contributed by atoms with Crippen molar-refractivity contribution in [1.82, 2.24) is 9.55 Å². The summed E-state index contributed by atoms with van der Waals surface area (Å²) in [5.41, 5.74) is 1.28. The van der Waals surface area contributed by atoms with Gasteiger partial charge in [0.2, 0.25) is 0 Å². The van der Waals surface area contributed by atoms with Crippen molar-refractivity contribution in [1.29, 1.82) is 0 Å². The Bertz CT molecular complexity index is 730. The molecule has 21 heavy (non-hydrogen) atoms. The van der Waals surface area contributed by atoms with Crippen LogP contribution in [-0.2, 0) is 6.54 Å². The predicted octanol–water partition coefficient (Wildman–Crippen LogP) is 2.24. The normalized spacial score (nSPS) is 10.4. The van der Waals surface area contributed by atoms with E-state index in [0.717, 1.165) is 5.69 Å². The minimum Gasteiger partial charge on any atom is -0.385 e. The van der Waals surface area contributed by atoms with E-state index in [2.05, 4.69) is 10.3 Å². The van der Waals surface area contributed by atoms with Crippen LogP contribution in [-0.4, -0.2) is 21.0 Å². The average Bonchev–Trinajstić information content (AvgIpc) is 2.45. The summed E-state index contributed by atoms with van der Waals surface area (Å²) in [4.78, 5) is 26.4. The summed E-state index contributed by atoms with van der Waals surface area (Å²) < 4.78 is 1.94. The van der Waals surface area contributed by atoms with E-state index < -0.39 is 4.92 Å². The molecule has 0 aliphatic carbocycles. The van der Waals surface area contributed by atoms with Crippen LogP contribution in [0.3, 0.4) is 0 Å². The quantitative estimate of drug-likeness (QED) is 0.473. The zero-order chi connectivity index (χ0) is 15.4. The molecule has 0 saturated carbocycles. The first-order chi connectivity index (χ1) is 10.0. The van der Waals surface area contributed by atoms with E-state index in [9.17, 15) is 14.9 Å². The van der Waals surface area contributed by atoms with Crippen LogP contribution in [0, 0.1) is 13.7 Å². The number of hydrogen-bond acceptors (Lipinski definition) is 5. The second kappa shape index (κ2) is 6.66. The lowest BCUT2D eigenvalue weighted by molar-refractivity contribution is -0.384.